The van der Waals surface area contributed by atoms with Gasteiger partial charge in [0, 0.05) is 11.9 Å². The molecule has 1 aromatic carbocycles. The Kier molecular flexibility index (Phi) is 3.78. The molecule has 0 aliphatic heterocycles. The molecule has 2 heterocycles. The zero-order chi connectivity index (χ0) is 15.0. The number of thiophene rings is 1. The zero-order valence-electron chi connectivity index (χ0n) is 12.2. The molecule has 2 aromatic heterocycles. The highest BCUT2D eigenvalue weighted by atomic mass is 32.1. The molecule has 0 aliphatic carbocycles. The summed E-state index contributed by atoms with van der Waals surface area (Å²) in [6, 6.07) is 9.95. The molecule has 0 fully saturated rings. The summed E-state index contributed by atoms with van der Waals surface area (Å²) in [5.41, 5.74) is 2.19. The highest BCUT2D eigenvalue weighted by molar-refractivity contribution is 7.22. The monoisotopic (exact) mass is 316 g/mol. The minimum absolute atomic E-state index is 0.0156. The average molecular weight is 316 g/mol. The number of hydrogen-bond donors (Lipinski definition) is 0. The summed E-state index contributed by atoms with van der Waals surface area (Å²) < 4.78 is 1.10. The Morgan fingerprint density at radius 1 is 1.29 bits per heavy atom. The van der Waals surface area contributed by atoms with Crippen LogP contribution >= 0.6 is 22.7 Å². The molecule has 0 N–H and O–H groups in total. The van der Waals surface area contributed by atoms with Gasteiger partial charge in [0.05, 0.1) is 15.1 Å². The number of hydrogen-bond acceptors (Lipinski definition) is 4. The predicted molar refractivity (Wildman–Crippen MR) is 90.8 cm³/mol. The first-order chi connectivity index (χ1) is 10.1. The summed E-state index contributed by atoms with van der Waals surface area (Å²) in [4.78, 5) is 20.8. The summed E-state index contributed by atoms with van der Waals surface area (Å²) >= 11 is 3.11. The van der Waals surface area contributed by atoms with E-state index in [1.54, 1.807) is 34.6 Å². The number of thiazole rings is 1. The zero-order valence-corrected chi connectivity index (χ0v) is 13.8. The van der Waals surface area contributed by atoms with Crippen molar-refractivity contribution in [2.45, 2.75) is 20.3 Å². The van der Waals surface area contributed by atoms with E-state index in [9.17, 15) is 4.79 Å². The number of nitrogens with zero attached hydrogens (tertiary/aromatic N) is 2. The van der Waals surface area contributed by atoms with Crippen LogP contribution in [0.5, 0.6) is 0 Å². The number of aryl methyl sites for hydroxylation is 2. The molecule has 0 atom stereocenters. The minimum Gasteiger partial charge on any atom is -0.286 e. The summed E-state index contributed by atoms with van der Waals surface area (Å²) in [7, 11) is 1.79. The fourth-order valence-electron chi connectivity index (χ4n) is 2.23. The van der Waals surface area contributed by atoms with Crippen molar-refractivity contribution in [3.8, 4) is 0 Å². The molecule has 0 saturated heterocycles. The average Bonchev–Trinajstić information content (AvgIpc) is 3.08. The summed E-state index contributed by atoms with van der Waals surface area (Å²) in [5, 5.41) is 0.741. The van der Waals surface area contributed by atoms with E-state index in [4.69, 9.17) is 0 Å². The summed E-state index contributed by atoms with van der Waals surface area (Å²) in [6.07, 6.45) is 0.959. The quantitative estimate of drug-likeness (QED) is 0.712. The van der Waals surface area contributed by atoms with Gasteiger partial charge in [0.15, 0.2) is 5.13 Å². The van der Waals surface area contributed by atoms with Gasteiger partial charge in [0.1, 0.15) is 0 Å². The van der Waals surface area contributed by atoms with Gasteiger partial charge in [0.25, 0.3) is 5.91 Å². The van der Waals surface area contributed by atoms with Crippen LogP contribution in [-0.4, -0.2) is 17.9 Å². The number of amides is 1. The van der Waals surface area contributed by atoms with Crippen molar-refractivity contribution < 1.29 is 4.79 Å². The number of carbonyl (C=O) groups excluding carboxylic acids is 1. The van der Waals surface area contributed by atoms with E-state index in [0.717, 1.165) is 26.6 Å². The first kappa shape index (κ1) is 14.2. The van der Waals surface area contributed by atoms with Crippen LogP contribution in [0.2, 0.25) is 0 Å². The van der Waals surface area contributed by atoms with Crippen molar-refractivity contribution in [1.82, 2.24) is 4.98 Å². The van der Waals surface area contributed by atoms with Crippen LogP contribution in [0, 0.1) is 6.92 Å². The fourth-order valence-corrected chi connectivity index (χ4v) is 4.25. The highest BCUT2D eigenvalue weighted by Crippen LogP contribution is 2.30. The van der Waals surface area contributed by atoms with Crippen LogP contribution in [0.1, 0.15) is 27.0 Å². The van der Waals surface area contributed by atoms with E-state index in [-0.39, 0.29) is 5.91 Å². The lowest BCUT2D eigenvalue weighted by Gasteiger charge is -2.11. The molecular formula is C16H16N2OS2. The number of fused-ring (bicyclic) bond motifs is 1. The predicted octanol–water partition coefficient (Wildman–Crippen LogP) is 4.51. The Labute approximate surface area is 131 Å². The normalized spacial score (nSPS) is 11.0. The number of para-hydroxylation sites is 1. The molecule has 0 aliphatic rings. The lowest BCUT2D eigenvalue weighted by Crippen LogP contribution is -2.25. The lowest BCUT2D eigenvalue weighted by atomic mass is 10.2. The Balaban J connectivity index is 1.92. The van der Waals surface area contributed by atoms with Gasteiger partial charge in [-0.15, -0.1) is 11.3 Å². The van der Waals surface area contributed by atoms with Crippen molar-refractivity contribution in [3.63, 3.8) is 0 Å². The molecule has 3 nitrogen and oxygen atoms in total. The molecule has 108 valence electrons. The first-order valence-electron chi connectivity index (χ1n) is 6.83. The minimum atomic E-state index is 0.0156. The molecule has 3 rings (SSSR count). The molecule has 0 unspecified atom stereocenters. The van der Waals surface area contributed by atoms with Crippen molar-refractivity contribution in [2.24, 2.45) is 0 Å². The van der Waals surface area contributed by atoms with Gasteiger partial charge in [-0.2, -0.15) is 0 Å². The van der Waals surface area contributed by atoms with E-state index in [0.29, 0.717) is 0 Å². The molecule has 21 heavy (non-hydrogen) atoms. The van der Waals surface area contributed by atoms with E-state index >= 15 is 0 Å². The number of rotatable bonds is 3. The molecule has 1 amide bonds. The third-order valence-electron chi connectivity index (χ3n) is 3.49. The Bertz CT molecular complexity index is 771. The molecular weight excluding hydrogens is 300 g/mol. The van der Waals surface area contributed by atoms with Crippen molar-refractivity contribution >= 4 is 43.9 Å². The van der Waals surface area contributed by atoms with Gasteiger partial charge in [-0.05, 0) is 37.1 Å². The van der Waals surface area contributed by atoms with E-state index in [2.05, 4.69) is 18.8 Å². The fraction of sp³-hybridized carbons (Fsp3) is 0.250. The highest BCUT2D eigenvalue weighted by Gasteiger charge is 2.19. The molecule has 0 radical (unpaired) electrons. The van der Waals surface area contributed by atoms with E-state index in [1.165, 1.54) is 10.4 Å². The maximum atomic E-state index is 12.6. The molecule has 5 heteroatoms. The van der Waals surface area contributed by atoms with Crippen LogP contribution in [0.3, 0.4) is 0 Å². The number of benzene rings is 1. The van der Waals surface area contributed by atoms with Gasteiger partial charge < -0.3 is 0 Å². The Hall–Kier alpha value is -1.72. The third-order valence-corrected chi connectivity index (χ3v) is 5.68. The molecule has 0 bridgehead atoms. The van der Waals surface area contributed by atoms with Crippen LogP contribution in [-0.2, 0) is 6.42 Å². The number of anilines is 1. The van der Waals surface area contributed by atoms with Gasteiger partial charge >= 0.3 is 0 Å². The molecule has 0 spiro atoms. The van der Waals surface area contributed by atoms with Crippen LogP contribution in [0.15, 0.2) is 30.3 Å². The molecule has 0 saturated carbocycles. The smallest absolute Gasteiger partial charge is 0.269 e. The maximum absolute atomic E-state index is 12.6. The Morgan fingerprint density at radius 3 is 2.71 bits per heavy atom. The van der Waals surface area contributed by atoms with Crippen LogP contribution < -0.4 is 4.90 Å². The van der Waals surface area contributed by atoms with Gasteiger partial charge in [-0.25, -0.2) is 4.98 Å². The SMILES string of the molecule is CCc1cc(C(=O)N(C)c2nc3ccccc3s2)sc1C. The third kappa shape index (κ3) is 2.59. The van der Waals surface area contributed by atoms with Gasteiger partial charge in [0.2, 0.25) is 0 Å². The molecule has 3 aromatic rings. The second-order valence-electron chi connectivity index (χ2n) is 4.87. The lowest BCUT2D eigenvalue weighted by molar-refractivity contribution is 0.0997. The topological polar surface area (TPSA) is 33.2 Å². The summed E-state index contributed by atoms with van der Waals surface area (Å²) in [6.45, 7) is 4.18. The number of aromatic nitrogens is 1. The van der Waals surface area contributed by atoms with Crippen molar-refractivity contribution in [2.75, 3.05) is 11.9 Å². The first-order valence-corrected chi connectivity index (χ1v) is 8.46. The van der Waals surface area contributed by atoms with E-state index in [1.807, 2.05) is 30.3 Å². The van der Waals surface area contributed by atoms with Gasteiger partial charge in [-0.1, -0.05) is 30.4 Å². The summed E-state index contributed by atoms with van der Waals surface area (Å²) in [5.74, 6) is 0.0156. The second-order valence-corrected chi connectivity index (χ2v) is 7.14. The maximum Gasteiger partial charge on any atom is 0.269 e. The van der Waals surface area contributed by atoms with Crippen molar-refractivity contribution in [3.05, 3.63) is 45.6 Å². The van der Waals surface area contributed by atoms with Crippen LogP contribution in [0.25, 0.3) is 10.2 Å². The van der Waals surface area contributed by atoms with Crippen molar-refractivity contribution in [1.29, 1.82) is 0 Å². The number of carbonyl (C=O) groups is 1. The van der Waals surface area contributed by atoms with Gasteiger partial charge in [-0.3, -0.25) is 9.69 Å². The second kappa shape index (κ2) is 5.58. The Morgan fingerprint density at radius 2 is 2.05 bits per heavy atom. The largest absolute Gasteiger partial charge is 0.286 e. The van der Waals surface area contributed by atoms with Crippen LogP contribution in [0.4, 0.5) is 5.13 Å². The standard InChI is InChI=1S/C16H16N2OS2/c1-4-11-9-14(20-10(11)2)15(19)18(3)16-17-12-7-5-6-8-13(12)21-16/h5-9H,4H2,1-3H3. The van der Waals surface area contributed by atoms with E-state index < -0.39 is 0 Å².